The van der Waals surface area contributed by atoms with Gasteiger partial charge in [0, 0.05) is 30.6 Å². The fourth-order valence-electron chi connectivity index (χ4n) is 2.72. The van der Waals surface area contributed by atoms with E-state index in [1.807, 2.05) is 6.92 Å². The molecule has 9 heteroatoms. The SMILES string of the molecule is CCCCNC(=O)NCc1ccc(C(=O)N[C@@H]2CCC(=O)NC2=O)c(C=O)c1. The van der Waals surface area contributed by atoms with Crippen LogP contribution in [0.15, 0.2) is 18.2 Å². The van der Waals surface area contributed by atoms with Crippen LogP contribution in [0.25, 0.3) is 0 Å². The molecular formula is C19H24N4O5. The van der Waals surface area contributed by atoms with Crippen molar-refractivity contribution in [3.63, 3.8) is 0 Å². The number of imide groups is 1. The van der Waals surface area contributed by atoms with Crippen LogP contribution in [0.2, 0.25) is 0 Å². The van der Waals surface area contributed by atoms with E-state index < -0.39 is 17.9 Å². The first-order valence-corrected chi connectivity index (χ1v) is 9.19. The fraction of sp³-hybridized carbons (Fsp3) is 0.421. The van der Waals surface area contributed by atoms with Crippen molar-refractivity contribution in [1.82, 2.24) is 21.3 Å². The molecule has 0 unspecified atom stereocenters. The van der Waals surface area contributed by atoms with E-state index in [4.69, 9.17) is 0 Å². The lowest BCUT2D eigenvalue weighted by atomic mass is 10.0. The van der Waals surface area contributed by atoms with Gasteiger partial charge in [-0.15, -0.1) is 0 Å². The third-order valence-corrected chi connectivity index (χ3v) is 4.30. The maximum atomic E-state index is 12.4. The molecule has 5 amide bonds. The largest absolute Gasteiger partial charge is 0.340 e. The van der Waals surface area contributed by atoms with Crippen molar-refractivity contribution in [2.24, 2.45) is 0 Å². The zero-order chi connectivity index (χ0) is 20.5. The molecule has 0 bridgehead atoms. The minimum absolute atomic E-state index is 0.121. The van der Waals surface area contributed by atoms with Gasteiger partial charge >= 0.3 is 6.03 Å². The predicted molar refractivity (Wildman–Crippen MR) is 101 cm³/mol. The standard InChI is InChI=1S/C19H24N4O5/c1-2-3-8-20-19(28)21-10-12-4-5-14(13(9-12)11-24)17(26)22-15-6-7-16(25)23-18(15)27/h4-5,9,11,15H,2-3,6-8,10H2,1H3,(H,22,26)(H2,20,21,28)(H,23,25,27)/t15-/m1/s1. The van der Waals surface area contributed by atoms with E-state index in [9.17, 15) is 24.0 Å². The first-order valence-electron chi connectivity index (χ1n) is 9.19. The summed E-state index contributed by atoms with van der Waals surface area (Å²) >= 11 is 0. The van der Waals surface area contributed by atoms with Gasteiger partial charge < -0.3 is 16.0 Å². The number of carbonyl (C=O) groups is 5. The maximum Gasteiger partial charge on any atom is 0.315 e. The lowest BCUT2D eigenvalue weighted by molar-refractivity contribution is -0.134. The molecule has 0 aliphatic carbocycles. The Hall–Kier alpha value is -3.23. The number of amides is 5. The van der Waals surface area contributed by atoms with Gasteiger partial charge in [0.2, 0.25) is 11.8 Å². The van der Waals surface area contributed by atoms with Crippen molar-refractivity contribution in [3.8, 4) is 0 Å². The monoisotopic (exact) mass is 388 g/mol. The van der Waals surface area contributed by atoms with Gasteiger partial charge in [0.05, 0.1) is 0 Å². The van der Waals surface area contributed by atoms with Gasteiger partial charge in [0.1, 0.15) is 6.04 Å². The smallest absolute Gasteiger partial charge is 0.315 e. The average Bonchev–Trinajstić information content (AvgIpc) is 2.68. The Morgan fingerprint density at radius 2 is 2.04 bits per heavy atom. The molecule has 1 aliphatic heterocycles. The normalized spacial score (nSPS) is 16.1. The van der Waals surface area contributed by atoms with Gasteiger partial charge in [0.15, 0.2) is 6.29 Å². The van der Waals surface area contributed by atoms with E-state index >= 15 is 0 Å². The van der Waals surface area contributed by atoms with Gasteiger partial charge in [0.25, 0.3) is 5.91 Å². The fourth-order valence-corrected chi connectivity index (χ4v) is 2.72. The Morgan fingerprint density at radius 3 is 2.71 bits per heavy atom. The molecule has 1 heterocycles. The molecule has 1 fully saturated rings. The summed E-state index contributed by atoms with van der Waals surface area (Å²) in [7, 11) is 0. The third kappa shape index (κ3) is 5.90. The highest BCUT2D eigenvalue weighted by atomic mass is 16.2. The molecule has 9 nitrogen and oxygen atoms in total. The second kappa shape index (κ2) is 10.2. The number of rotatable bonds is 8. The molecule has 1 saturated heterocycles. The molecule has 1 atom stereocenters. The molecule has 28 heavy (non-hydrogen) atoms. The number of carbonyl (C=O) groups excluding carboxylic acids is 5. The van der Waals surface area contributed by atoms with E-state index in [0.29, 0.717) is 18.4 Å². The summed E-state index contributed by atoms with van der Waals surface area (Å²) < 4.78 is 0. The number of unbranched alkanes of at least 4 members (excludes halogenated alkanes) is 1. The highest BCUT2D eigenvalue weighted by molar-refractivity contribution is 6.06. The van der Waals surface area contributed by atoms with E-state index in [0.717, 1.165) is 12.8 Å². The number of hydrogen-bond acceptors (Lipinski definition) is 5. The molecule has 1 aromatic carbocycles. The van der Waals surface area contributed by atoms with Crippen LogP contribution in [0, 0.1) is 0 Å². The lowest BCUT2D eigenvalue weighted by Gasteiger charge is -2.22. The Morgan fingerprint density at radius 1 is 1.25 bits per heavy atom. The van der Waals surface area contributed by atoms with Crippen LogP contribution in [0.1, 0.15) is 58.9 Å². The number of aldehydes is 1. The number of nitrogens with one attached hydrogen (secondary N) is 4. The van der Waals surface area contributed by atoms with Crippen LogP contribution in [-0.2, 0) is 16.1 Å². The van der Waals surface area contributed by atoms with Crippen molar-refractivity contribution in [2.45, 2.75) is 45.2 Å². The molecule has 4 N–H and O–H groups in total. The zero-order valence-electron chi connectivity index (χ0n) is 15.7. The lowest BCUT2D eigenvalue weighted by Crippen LogP contribution is -2.52. The molecular weight excluding hydrogens is 364 g/mol. The molecule has 1 aliphatic rings. The first-order chi connectivity index (χ1) is 13.4. The number of benzene rings is 1. The third-order valence-electron chi connectivity index (χ3n) is 4.30. The Balaban J connectivity index is 1.97. The zero-order valence-corrected chi connectivity index (χ0v) is 15.7. The summed E-state index contributed by atoms with van der Waals surface area (Å²) in [5.41, 5.74) is 0.927. The molecule has 0 aromatic heterocycles. The van der Waals surface area contributed by atoms with Gasteiger partial charge in [-0.2, -0.15) is 0 Å². The maximum absolute atomic E-state index is 12.4. The Kier molecular flexibility index (Phi) is 7.67. The van der Waals surface area contributed by atoms with Crippen LogP contribution in [0.4, 0.5) is 4.79 Å². The number of urea groups is 1. The minimum Gasteiger partial charge on any atom is -0.340 e. The molecule has 150 valence electrons. The van der Waals surface area contributed by atoms with E-state index in [2.05, 4.69) is 21.3 Å². The number of piperidine rings is 1. The van der Waals surface area contributed by atoms with Crippen molar-refractivity contribution in [1.29, 1.82) is 0 Å². The van der Waals surface area contributed by atoms with Gasteiger partial charge in [-0.1, -0.05) is 19.4 Å². The summed E-state index contributed by atoms with van der Waals surface area (Å²) in [5.74, 6) is -1.51. The van der Waals surface area contributed by atoms with E-state index in [-0.39, 0.29) is 42.5 Å². The molecule has 0 radical (unpaired) electrons. The van der Waals surface area contributed by atoms with E-state index in [1.54, 1.807) is 6.07 Å². The second-order valence-corrected chi connectivity index (χ2v) is 6.48. The van der Waals surface area contributed by atoms with Gasteiger partial charge in [-0.25, -0.2) is 4.79 Å². The van der Waals surface area contributed by atoms with Crippen LogP contribution in [-0.4, -0.2) is 42.6 Å². The van der Waals surface area contributed by atoms with Gasteiger partial charge in [-0.05, 0) is 30.5 Å². The minimum atomic E-state index is -0.821. The quantitative estimate of drug-likeness (QED) is 0.294. The number of hydrogen-bond donors (Lipinski definition) is 4. The molecule has 2 rings (SSSR count). The van der Waals surface area contributed by atoms with Crippen molar-refractivity contribution < 1.29 is 24.0 Å². The first kappa shape index (κ1) is 21.1. The summed E-state index contributed by atoms with van der Waals surface area (Å²) in [6.07, 6.45) is 2.76. The second-order valence-electron chi connectivity index (χ2n) is 6.48. The predicted octanol–water partition coefficient (Wildman–Crippen LogP) is 0.633. The van der Waals surface area contributed by atoms with Crippen LogP contribution in [0.5, 0.6) is 0 Å². The molecule has 0 saturated carbocycles. The van der Waals surface area contributed by atoms with E-state index in [1.165, 1.54) is 12.1 Å². The Labute approximate surface area is 162 Å². The molecule has 0 spiro atoms. The van der Waals surface area contributed by atoms with Gasteiger partial charge in [-0.3, -0.25) is 24.5 Å². The van der Waals surface area contributed by atoms with Crippen molar-refractivity contribution in [3.05, 3.63) is 34.9 Å². The molecule has 1 aromatic rings. The van der Waals surface area contributed by atoms with Crippen LogP contribution in [0.3, 0.4) is 0 Å². The Bertz CT molecular complexity index is 778. The van der Waals surface area contributed by atoms with Crippen LogP contribution < -0.4 is 21.3 Å². The topological polar surface area (TPSA) is 133 Å². The van der Waals surface area contributed by atoms with Crippen LogP contribution >= 0.6 is 0 Å². The summed E-state index contributed by atoms with van der Waals surface area (Å²) in [4.78, 5) is 58.4. The summed E-state index contributed by atoms with van der Waals surface area (Å²) in [6.45, 7) is 2.81. The average molecular weight is 388 g/mol. The van der Waals surface area contributed by atoms with Crippen molar-refractivity contribution in [2.75, 3.05) is 6.54 Å². The highest BCUT2D eigenvalue weighted by Crippen LogP contribution is 2.12. The van der Waals surface area contributed by atoms with Crippen molar-refractivity contribution >= 4 is 30.0 Å². The summed E-state index contributed by atoms with van der Waals surface area (Å²) in [5, 5.41) is 10.1. The highest BCUT2D eigenvalue weighted by Gasteiger charge is 2.28. The summed E-state index contributed by atoms with van der Waals surface area (Å²) in [6, 6.07) is 3.48.